The van der Waals surface area contributed by atoms with Gasteiger partial charge in [0.1, 0.15) is 11.5 Å². The van der Waals surface area contributed by atoms with E-state index in [0.717, 1.165) is 27.2 Å². The van der Waals surface area contributed by atoms with Gasteiger partial charge in [0, 0.05) is 23.2 Å². The molecule has 0 amide bonds. The van der Waals surface area contributed by atoms with Crippen molar-refractivity contribution in [2.75, 3.05) is 19.5 Å². The predicted octanol–water partition coefficient (Wildman–Crippen LogP) is 5.87. The van der Waals surface area contributed by atoms with Gasteiger partial charge in [0.2, 0.25) is 0 Å². The van der Waals surface area contributed by atoms with Crippen LogP contribution in [0.4, 0.5) is 5.69 Å². The minimum Gasteiger partial charge on any atom is -0.497 e. The molecule has 4 nitrogen and oxygen atoms in total. The summed E-state index contributed by atoms with van der Waals surface area (Å²) in [5, 5.41) is 3.99. The van der Waals surface area contributed by atoms with Crippen molar-refractivity contribution in [3.8, 4) is 11.5 Å². The van der Waals surface area contributed by atoms with Crippen LogP contribution in [0.5, 0.6) is 11.5 Å². The van der Waals surface area contributed by atoms with E-state index in [1.165, 1.54) is 5.56 Å². The summed E-state index contributed by atoms with van der Waals surface area (Å²) in [5.41, 5.74) is 3.25. The molecule has 1 N–H and O–H groups in total. The van der Waals surface area contributed by atoms with E-state index in [0.29, 0.717) is 18.2 Å². The van der Waals surface area contributed by atoms with Gasteiger partial charge in [-0.2, -0.15) is 0 Å². The fourth-order valence-electron chi connectivity index (χ4n) is 2.88. The van der Waals surface area contributed by atoms with Crippen LogP contribution < -0.4 is 14.8 Å². The van der Waals surface area contributed by atoms with E-state index in [1.54, 1.807) is 14.2 Å². The zero-order valence-electron chi connectivity index (χ0n) is 16.4. The first-order chi connectivity index (χ1) is 14.1. The van der Waals surface area contributed by atoms with Crippen LogP contribution in [0.2, 0.25) is 0 Å². The number of anilines is 1. The fourth-order valence-corrected chi connectivity index (χ4v) is 3.58. The molecule has 0 saturated heterocycles. The average molecular weight is 471 g/mol. The molecule has 0 aliphatic heterocycles. The molecule has 0 bridgehead atoms. The van der Waals surface area contributed by atoms with Gasteiger partial charge in [0.25, 0.3) is 0 Å². The lowest BCUT2D eigenvalue weighted by Gasteiger charge is -2.26. The Kier molecular flexibility index (Phi) is 7.49. The normalized spacial score (nSPS) is 10.3. The second kappa shape index (κ2) is 10.3. The molecule has 3 aromatic rings. The van der Waals surface area contributed by atoms with Crippen LogP contribution in [0, 0.1) is 0 Å². The number of hydrogen-bond donors (Lipinski definition) is 1. The van der Waals surface area contributed by atoms with Crippen LogP contribution in [0.3, 0.4) is 0 Å². The Morgan fingerprint density at radius 2 is 1.45 bits per heavy atom. The van der Waals surface area contributed by atoms with Crippen molar-refractivity contribution < 1.29 is 9.47 Å². The van der Waals surface area contributed by atoms with E-state index in [2.05, 4.69) is 50.4 Å². The largest absolute Gasteiger partial charge is 0.497 e. The number of ether oxygens (including phenoxy) is 2. The maximum atomic E-state index is 5.75. The van der Waals surface area contributed by atoms with Crippen molar-refractivity contribution in [3.63, 3.8) is 0 Å². The summed E-state index contributed by atoms with van der Waals surface area (Å²) in [6.07, 6.45) is 0. The van der Waals surface area contributed by atoms with Gasteiger partial charge in [-0.15, -0.1) is 0 Å². The molecular weight excluding hydrogens is 448 g/mol. The van der Waals surface area contributed by atoms with Gasteiger partial charge in [-0.3, -0.25) is 0 Å². The second-order valence-corrected chi connectivity index (χ2v) is 7.80. The summed E-state index contributed by atoms with van der Waals surface area (Å²) < 4.78 is 11.5. The zero-order valence-corrected chi connectivity index (χ0v) is 18.8. The molecule has 0 saturated carbocycles. The molecular formula is C23H23BrN2O2S. The summed E-state index contributed by atoms with van der Waals surface area (Å²) in [6, 6.07) is 24.0. The lowest BCUT2D eigenvalue weighted by Crippen LogP contribution is -2.33. The van der Waals surface area contributed by atoms with Gasteiger partial charge < -0.3 is 19.7 Å². The summed E-state index contributed by atoms with van der Waals surface area (Å²) in [7, 11) is 3.32. The van der Waals surface area contributed by atoms with E-state index in [4.69, 9.17) is 21.7 Å². The molecule has 3 rings (SSSR count). The Morgan fingerprint density at radius 3 is 2.03 bits per heavy atom. The van der Waals surface area contributed by atoms with Crippen molar-refractivity contribution in [3.05, 3.63) is 88.4 Å². The molecule has 6 heteroatoms. The first-order valence-corrected chi connectivity index (χ1v) is 10.3. The van der Waals surface area contributed by atoms with Gasteiger partial charge in [-0.05, 0) is 71.9 Å². The van der Waals surface area contributed by atoms with Crippen LogP contribution in [0.25, 0.3) is 0 Å². The van der Waals surface area contributed by atoms with E-state index in [1.807, 2.05) is 48.5 Å². The Balaban J connectivity index is 1.78. The minimum atomic E-state index is 0.658. The lowest BCUT2D eigenvalue weighted by atomic mass is 10.1. The van der Waals surface area contributed by atoms with Crippen molar-refractivity contribution >= 4 is 38.9 Å². The molecule has 0 aliphatic rings. The smallest absolute Gasteiger partial charge is 0.174 e. The molecule has 0 aromatic heterocycles. The number of rotatable bonds is 7. The molecule has 0 aliphatic carbocycles. The van der Waals surface area contributed by atoms with E-state index < -0.39 is 0 Å². The highest BCUT2D eigenvalue weighted by Crippen LogP contribution is 2.20. The summed E-state index contributed by atoms with van der Waals surface area (Å²) in [4.78, 5) is 2.14. The maximum absolute atomic E-state index is 5.75. The molecule has 150 valence electrons. The summed E-state index contributed by atoms with van der Waals surface area (Å²) >= 11 is 9.29. The summed E-state index contributed by atoms with van der Waals surface area (Å²) in [5.74, 6) is 1.65. The number of methoxy groups -OCH3 is 2. The van der Waals surface area contributed by atoms with Gasteiger partial charge in [0.05, 0.1) is 14.2 Å². The molecule has 0 atom stereocenters. The maximum Gasteiger partial charge on any atom is 0.174 e. The monoisotopic (exact) mass is 470 g/mol. The molecule has 0 unspecified atom stereocenters. The Hall–Kier alpha value is -2.57. The Morgan fingerprint density at radius 1 is 0.862 bits per heavy atom. The Bertz CT molecular complexity index is 946. The van der Waals surface area contributed by atoms with Crippen molar-refractivity contribution in [1.82, 2.24) is 4.90 Å². The predicted molar refractivity (Wildman–Crippen MR) is 126 cm³/mol. The highest BCUT2D eigenvalue weighted by Gasteiger charge is 2.12. The van der Waals surface area contributed by atoms with Gasteiger partial charge in [-0.25, -0.2) is 0 Å². The number of halogens is 1. The molecule has 29 heavy (non-hydrogen) atoms. The van der Waals surface area contributed by atoms with Crippen molar-refractivity contribution in [1.29, 1.82) is 0 Å². The highest BCUT2D eigenvalue weighted by molar-refractivity contribution is 9.10. The van der Waals surface area contributed by atoms with Crippen LogP contribution >= 0.6 is 28.1 Å². The molecule has 3 aromatic carbocycles. The van der Waals surface area contributed by atoms with Crippen molar-refractivity contribution in [2.45, 2.75) is 13.1 Å². The number of hydrogen-bond acceptors (Lipinski definition) is 3. The minimum absolute atomic E-state index is 0.658. The van der Waals surface area contributed by atoms with Crippen LogP contribution in [0.15, 0.2) is 77.3 Å². The molecule has 0 radical (unpaired) electrons. The SMILES string of the molecule is COc1ccc(CN(Cc2cccc(Br)c2)C(=S)Nc2ccc(OC)cc2)cc1. The molecule has 0 fully saturated rings. The average Bonchev–Trinajstić information content (AvgIpc) is 2.74. The van der Waals surface area contributed by atoms with Gasteiger partial charge in [0.15, 0.2) is 5.11 Å². The van der Waals surface area contributed by atoms with Crippen LogP contribution in [0.1, 0.15) is 11.1 Å². The summed E-state index contributed by atoms with van der Waals surface area (Å²) in [6.45, 7) is 1.37. The number of nitrogens with one attached hydrogen (secondary N) is 1. The fraction of sp³-hybridized carbons (Fsp3) is 0.174. The quantitative estimate of drug-likeness (QED) is 0.437. The zero-order chi connectivity index (χ0) is 20.6. The topological polar surface area (TPSA) is 33.7 Å². The number of thiocarbonyl (C=S) groups is 1. The van der Waals surface area contributed by atoms with E-state index in [-0.39, 0.29) is 0 Å². The van der Waals surface area contributed by atoms with Crippen LogP contribution in [-0.2, 0) is 13.1 Å². The standard InChI is InChI=1S/C23H23BrN2O2S/c1-27-21-10-6-17(7-11-21)15-26(16-18-4-3-5-19(24)14-18)23(29)25-20-8-12-22(28-2)13-9-20/h3-14H,15-16H2,1-2H3,(H,25,29). The number of benzene rings is 3. The second-order valence-electron chi connectivity index (χ2n) is 6.49. The third kappa shape index (κ3) is 6.21. The third-order valence-electron chi connectivity index (χ3n) is 4.42. The first kappa shape index (κ1) is 21.1. The first-order valence-electron chi connectivity index (χ1n) is 9.15. The van der Waals surface area contributed by atoms with Crippen molar-refractivity contribution in [2.24, 2.45) is 0 Å². The number of nitrogens with zero attached hydrogens (tertiary/aromatic N) is 1. The highest BCUT2D eigenvalue weighted by atomic mass is 79.9. The Labute approximate surface area is 185 Å². The van der Waals surface area contributed by atoms with Gasteiger partial charge >= 0.3 is 0 Å². The third-order valence-corrected chi connectivity index (χ3v) is 5.28. The van der Waals surface area contributed by atoms with Crippen LogP contribution in [-0.4, -0.2) is 24.2 Å². The lowest BCUT2D eigenvalue weighted by molar-refractivity contribution is 0.407. The van der Waals surface area contributed by atoms with E-state index in [9.17, 15) is 0 Å². The van der Waals surface area contributed by atoms with E-state index >= 15 is 0 Å². The van der Waals surface area contributed by atoms with Gasteiger partial charge in [-0.1, -0.05) is 40.2 Å². The molecule has 0 spiro atoms. The molecule has 0 heterocycles.